The van der Waals surface area contributed by atoms with Crippen LogP contribution < -0.4 is 10.1 Å². The molecule has 1 aromatic carbocycles. The van der Waals surface area contributed by atoms with E-state index in [1.54, 1.807) is 0 Å². The SMILES string of the molecule is Cc1cccc(OCCCNCCO)c1C. The summed E-state index contributed by atoms with van der Waals surface area (Å²) in [5.41, 5.74) is 2.47. The van der Waals surface area contributed by atoms with Crippen molar-refractivity contribution in [1.82, 2.24) is 5.32 Å². The Kier molecular flexibility index (Phi) is 5.90. The second-order valence-corrected chi connectivity index (χ2v) is 3.87. The first-order chi connectivity index (χ1) is 7.75. The Morgan fingerprint density at radius 2 is 2.06 bits per heavy atom. The van der Waals surface area contributed by atoms with Crippen molar-refractivity contribution in [2.24, 2.45) is 0 Å². The summed E-state index contributed by atoms with van der Waals surface area (Å²) in [5.74, 6) is 0.974. The second kappa shape index (κ2) is 7.25. The molecule has 0 saturated carbocycles. The zero-order valence-electron chi connectivity index (χ0n) is 10.1. The van der Waals surface area contributed by atoms with E-state index in [0.717, 1.165) is 18.7 Å². The van der Waals surface area contributed by atoms with Gasteiger partial charge < -0.3 is 15.2 Å². The Morgan fingerprint density at radius 3 is 2.81 bits per heavy atom. The number of hydrogen-bond acceptors (Lipinski definition) is 3. The Bertz CT molecular complexity index is 313. The van der Waals surface area contributed by atoms with Gasteiger partial charge in [0.2, 0.25) is 0 Å². The van der Waals surface area contributed by atoms with Crippen molar-refractivity contribution in [2.45, 2.75) is 20.3 Å². The highest BCUT2D eigenvalue weighted by Crippen LogP contribution is 2.20. The summed E-state index contributed by atoms with van der Waals surface area (Å²) in [6.45, 7) is 6.61. The number of aliphatic hydroxyl groups is 1. The van der Waals surface area contributed by atoms with Gasteiger partial charge >= 0.3 is 0 Å². The minimum absolute atomic E-state index is 0.192. The smallest absolute Gasteiger partial charge is 0.122 e. The van der Waals surface area contributed by atoms with Crippen molar-refractivity contribution in [3.05, 3.63) is 29.3 Å². The molecule has 0 aliphatic carbocycles. The van der Waals surface area contributed by atoms with Gasteiger partial charge in [-0.1, -0.05) is 12.1 Å². The first-order valence-electron chi connectivity index (χ1n) is 5.76. The third-order valence-electron chi connectivity index (χ3n) is 2.60. The van der Waals surface area contributed by atoms with Gasteiger partial charge in [-0.25, -0.2) is 0 Å². The third-order valence-corrected chi connectivity index (χ3v) is 2.60. The van der Waals surface area contributed by atoms with E-state index in [-0.39, 0.29) is 6.61 Å². The summed E-state index contributed by atoms with van der Waals surface area (Å²) >= 11 is 0. The summed E-state index contributed by atoms with van der Waals surface area (Å²) in [6.07, 6.45) is 0.952. The first-order valence-corrected chi connectivity index (χ1v) is 5.76. The molecule has 0 atom stereocenters. The molecule has 0 aliphatic rings. The fraction of sp³-hybridized carbons (Fsp3) is 0.538. The molecule has 0 heterocycles. The molecule has 0 spiro atoms. The van der Waals surface area contributed by atoms with Crippen molar-refractivity contribution in [1.29, 1.82) is 0 Å². The van der Waals surface area contributed by atoms with Gasteiger partial charge in [-0.15, -0.1) is 0 Å². The molecule has 3 heteroatoms. The monoisotopic (exact) mass is 223 g/mol. The predicted molar refractivity (Wildman–Crippen MR) is 66.0 cm³/mol. The fourth-order valence-corrected chi connectivity index (χ4v) is 1.46. The highest BCUT2D eigenvalue weighted by molar-refractivity contribution is 5.38. The average Bonchev–Trinajstić information content (AvgIpc) is 2.29. The summed E-state index contributed by atoms with van der Waals surface area (Å²) in [4.78, 5) is 0. The molecule has 90 valence electrons. The highest BCUT2D eigenvalue weighted by Gasteiger charge is 2.00. The van der Waals surface area contributed by atoms with Crippen molar-refractivity contribution in [3.8, 4) is 5.75 Å². The van der Waals surface area contributed by atoms with E-state index < -0.39 is 0 Å². The van der Waals surface area contributed by atoms with Gasteiger partial charge in [-0.05, 0) is 44.0 Å². The van der Waals surface area contributed by atoms with Gasteiger partial charge in [0.15, 0.2) is 0 Å². The standard InChI is InChI=1S/C13H21NO2/c1-11-5-3-6-13(12(11)2)16-10-4-7-14-8-9-15/h3,5-6,14-15H,4,7-10H2,1-2H3. The number of ether oxygens (including phenoxy) is 1. The van der Waals surface area contributed by atoms with Gasteiger partial charge in [0, 0.05) is 6.54 Å². The van der Waals surface area contributed by atoms with Crippen molar-refractivity contribution in [3.63, 3.8) is 0 Å². The summed E-state index contributed by atoms with van der Waals surface area (Å²) in [5, 5.41) is 11.7. The number of nitrogens with one attached hydrogen (secondary N) is 1. The van der Waals surface area contributed by atoms with Gasteiger partial charge in [0.05, 0.1) is 13.2 Å². The van der Waals surface area contributed by atoms with Crippen LogP contribution in [0.25, 0.3) is 0 Å². The number of hydrogen-bond donors (Lipinski definition) is 2. The van der Waals surface area contributed by atoms with E-state index in [0.29, 0.717) is 13.2 Å². The molecule has 16 heavy (non-hydrogen) atoms. The summed E-state index contributed by atoms with van der Waals surface area (Å²) in [6, 6.07) is 6.11. The maximum absolute atomic E-state index is 8.57. The molecule has 1 aromatic rings. The molecule has 0 aromatic heterocycles. The van der Waals surface area contributed by atoms with Crippen molar-refractivity contribution >= 4 is 0 Å². The van der Waals surface area contributed by atoms with E-state index in [4.69, 9.17) is 9.84 Å². The van der Waals surface area contributed by atoms with Crippen LogP contribution in [-0.4, -0.2) is 31.4 Å². The molecule has 0 saturated heterocycles. The number of benzene rings is 1. The fourth-order valence-electron chi connectivity index (χ4n) is 1.46. The lowest BCUT2D eigenvalue weighted by molar-refractivity contribution is 0.281. The van der Waals surface area contributed by atoms with Crippen LogP contribution in [0.2, 0.25) is 0 Å². The van der Waals surface area contributed by atoms with Crippen LogP contribution in [0.4, 0.5) is 0 Å². The van der Waals surface area contributed by atoms with Crippen LogP contribution in [0.1, 0.15) is 17.5 Å². The van der Waals surface area contributed by atoms with Crippen molar-refractivity contribution < 1.29 is 9.84 Å². The average molecular weight is 223 g/mol. The van der Waals surface area contributed by atoms with E-state index >= 15 is 0 Å². The quantitative estimate of drug-likeness (QED) is 0.691. The van der Waals surface area contributed by atoms with Crippen LogP contribution >= 0.6 is 0 Å². The molecule has 2 N–H and O–H groups in total. The number of aryl methyl sites for hydroxylation is 1. The predicted octanol–water partition coefficient (Wildman–Crippen LogP) is 1.65. The van der Waals surface area contributed by atoms with Gasteiger partial charge in [0.25, 0.3) is 0 Å². The lowest BCUT2D eigenvalue weighted by Gasteiger charge is -2.10. The van der Waals surface area contributed by atoms with E-state index in [1.165, 1.54) is 11.1 Å². The number of rotatable bonds is 7. The molecule has 0 fully saturated rings. The molecule has 0 bridgehead atoms. The maximum atomic E-state index is 8.57. The Morgan fingerprint density at radius 1 is 1.25 bits per heavy atom. The molecule has 3 nitrogen and oxygen atoms in total. The van der Waals surface area contributed by atoms with E-state index in [2.05, 4.69) is 25.2 Å². The first kappa shape index (κ1) is 13.0. The topological polar surface area (TPSA) is 41.5 Å². The summed E-state index contributed by atoms with van der Waals surface area (Å²) < 4.78 is 5.70. The zero-order chi connectivity index (χ0) is 11.8. The molecular weight excluding hydrogens is 202 g/mol. The van der Waals surface area contributed by atoms with Crippen LogP contribution in [-0.2, 0) is 0 Å². The zero-order valence-corrected chi connectivity index (χ0v) is 10.1. The molecule has 1 rings (SSSR count). The van der Waals surface area contributed by atoms with Crippen LogP contribution in [0, 0.1) is 13.8 Å². The van der Waals surface area contributed by atoms with E-state index in [9.17, 15) is 0 Å². The highest BCUT2D eigenvalue weighted by atomic mass is 16.5. The Labute approximate surface area is 97.4 Å². The van der Waals surface area contributed by atoms with Crippen molar-refractivity contribution in [2.75, 3.05) is 26.3 Å². The molecule has 0 aliphatic heterocycles. The lowest BCUT2D eigenvalue weighted by atomic mass is 10.1. The number of aliphatic hydroxyl groups excluding tert-OH is 1. The Hall–Kier alpha value is -1.06. The molecular formula is C13H21NO2. The molecule has 0 amide bonds. The largest absolute Gasteiger partial charge is 0.493 e. The third kappa shape index (κ3) is 4.21. The van der Waals surface area contributed by atoms with Crippen LogP contribution in [0.5, 0.6) is 5.75 Å². The Balaban J connectivity index is 2.24. The lowest BCUT2D eigenvalue weighted by Crippen LogP contribution is -2.20. The van der Waals surface area contributed by atoms with Gasteiger partial charge in [-0.2, -0.15) is 0 Å². The van der Waals surface area contributed by atoms with E-state index in [1.807, 2.05) is 12.1 Å². The van der Waals surface area contributed by atoms with Crippen LogP contribution in [0.3, 0.4) is 0 Å². The van der Waals surface area contributed by atoms with Crippen LogP contribution in [0.15, 0.2) is 18.2 Å². The molecule has 0 radical (unpaired) electrons. The normalized spacial score (nSPS) is 10.4. The maximum Gasteiger partial charge on any atom is 0.122 e. The summed E-state index contributed by atoms with van der Waals surface area (Å²) in [7, 11) is 0. The minimum Gasteiger partial charge on any atom is -0.493 e. The van der Waals surface area contributed by atoms with Gasteiger partial charge in [0.1, 0.15) is 5.75 Å². The molecule has 0 unspecified atom stereocenters. The minimum atomic E-state index is 0.192. The van der Waals surface area contributed by atoms with Gasteiger partial charge in [-0.3, -0.25) is 0 Å². The second-order valence-electron chi connectivity index (χ2n) is 3.87.